The van der Waals surface area contributed by atoms with Crippen LogP contribution in [-0.4, -0.2) is 30.2 Å². The number of nitrogens with zero attached hydrogens (tertiary/aromatic N) is 2. The third-order valence-corrected chi connectivity index (χ3v) is 7.03. The SMILES string of the molecule is C[C@@H]1CC[C@@H]2C(=O)N(c3ccc(OC(=O)[C@H]4CC(=O)N(c5ccccc5)C4)cc3)C(=O)[C@@H]2C1. The molecule has 3 aliphatic rings. The summed E-state index contributed by atoms with van der Waals surface area (Å²) in [7, 11) is 0. The molecule has 1 saturated carbocycles. The van der Waals surface area contributed by atoms with E-state index >= 15 is 0 Å². The van der Waals surface area contributed by atoms with Crippen molar-refractivity contribution in [1.29, 1.82) is 0 Å². The van der Waals surface area contributed by atoms with Crippen molar-refractivity contribution < 1.29 is 23.9 Å². The number of ether oxygens (including phenoxy) is 1. The second-order valence-corrected chi connectivity index (χ2v) is 9.30. The molecule has 170 valence electrons. The topological polar surface area (TPSA) is 84.0 Å². The van der Waals surface area contributed by atoms with E-state index < -0.39 is 11.9 Å². The van der Waals surface area contributed by atoms with E-state index in [2.05, 4.69) is 6.92 Å². The first kappa shape index (κ1) is 21.4. The van der Waals surface area contributed by atoms with E-state index in [9.17, 15) is 19.2 Å². The molecule has 0 spiro atoms. The van der Waals surface area contributed by atoms with E-state index in [-0.39, 0.29) is 42.5 Å². The summed E-state index contributed by atoms with van der Waals surface area (Å²) in [5, 5.41) is 0. The number of imide groups is 1. The van der Waals surface area contributed by atoms with Gasteiger partial charge in [-0.05, 0) is 61.6 Å². The van der Waals surface area contributed by atoms with Crippen LogP contribution in [0.25, 0.3) is 0 Å². The summed E-state index contributed by atoms with van der Waals surface area (Å²) >= 11 is 0. The Kier molecular flexibility index (Phi) is 5.48. The van der Waals surface area contributed by atoms with Gasteiger partial charge in [-0.25, -0.2) is 0 Å². The van der Waals surface area contributed by atoms with Gasteiger partial charge < -0.3 is 9.64 Å². The van der Waals surface area contributed by atoms with Crippen LogP contribution in [0.2, 0.25) is 0 Å². The Bertz CT molecular complexity index is 1100. The maximum absolute atomic E-state index is 12.9. The fourth-order valence-electron chi connectivity index (χ4n) is 5.23. The van der Waals surface area contributed by atoms with Crippen molar-refractivity contribution in [3.8, 4) is 5.75 Å². The summed E-state index contributed by atoms with van der Waals surface area (Å²) in [6.45, 7) is 2.40. The number of hydrogen-bond donors (Lipinski definition) is 0. The van der Waals surface area contributed by atoms with Crippen molar-refractivity contribution in [1.82, 2.24) is 0 Å². The summed E-state index contributed by atoms with van der Waals surface area (Å²) in [6.07, 6.45) is 2.57. The summed E-state index contributed by atoms with van der Waals surface area (Å²) in [4.78, 5) is 53.7. The zero-order valence-electron chi connectivity index (χ0n) is 18.5. The molecule has 7 nitrogen and oxygen atoms in total. The number of benzene rings is 2. The lowest BCUT2D eigenvalue weighted by Crippen LogP contribution is -2.30. The molecule has 2 aromatic rings. The molecule has 0 radical (unpaired) electrons. The van der Waals surface area contributed by atoms with Crippen LogP contribution >= 0.6 is 0 Å². The molecule has 4 atom stereocenters. The van der Waals surface area contributed by atoms with Crippen molar-refractivity contribution >= 4 is 35.1 Å². The Labute approximate surface area is 192 Å². The minimum Gasteiger partial charge on any atom is -0.426 e. The predicted molar refractivity (Wildman–Crippen MR) is 121 cm³/mol. The van der Waals surface area contributed by atoms with Crippen LogP contribution in [0.15, 0.2) is 54.6 Å². The minimum atomic E-state index is -0.552. The summed E-state index contributed by atoms with van der Waals surface area (Å²) in [6, 6.07) is 15.7. The first-order valence-corrected chi connectivity index (χ1v) is 11.5. The monoisotopic (exact) mass is 446 g/mol. The molecule has 2 aliphatic heterocycles. The third kappa shape index (κ3) is 3.92. The maximum atomic E-state index is 12.9. The molecule has 0 bridgehead atoms. The van der Waals surface area contributed by atoms with Gasteiger partial charge in [-0.15, -0.1) is 0 Å². The molecule has 7 heteroatoms. The number of amides is 3. The average molecular weight is 447 g/mol. The standard InChI is InChI=1S/C26H26N2O5/c1-16-7-12-21-22(13-16)25(31)28(24(21)30)19-8-10-20(11-9-19)33-26(32)17-14-23(29)27(15-17)18-5-3-2-4-6-18/h2-6,8-11,16-17,21-22H,7,12-15H2,1H3/t16-,17+,21+,22-/m1/s1. The second-order valence-electron chi connectivity index (χ2n) is 9.30. The molecule has 2 saturated heterocycles. The second kappa shape index (κ2) is 8.46. The highest BCUT2D eigenvalue weighted by molar-refractivity contribution is 6.22. The van der Waals surface area contributed by atoms with Crippen LogP contribution in [0.5, 0.6) is 5.75 Å². The highest BCUT2D eigenvalue weighted by atomic mass is 16.5. The molecule has 0 aromatic heterocycles. The predicted octanol–water partition coefficient (Wildman–Crippen LogP) is 3.57. The average Bonchev–Trinajstić information content (AvgIpc) is 3.32. The lowest BCUT2D eigenvalue weighted by molar-refractivity contribution is -0.139. The van der Waals surface area contributed by atoms with E-state index in [0.29, 0.717) is 17.4 Å². The van der Waals surface area contributed by atoms with Gasteiger partial charge in [0.15, 0.2) is 0 Å². The Balaban J connectivity index is 1.24. The van der Waals surface area contributed by atoms with E-state index in [1.807, 2.05) is 30.3 Å². The van der Waals surface area contributed by atoms with Crippen LogP contribution in [-0.2, 0) is 19.2 Å². The largest absolute Gasteiger partial charge is 0.426 e. The van der Waals surface area contributed by atoms with Crippen molar-refractivity contribution in [2.75, 3.05) is 16.3 Å². The first-order valence-electron chi connectivity index (χ1n) is 11.5. The molecule has 5 rings (SSSR count). The highest BCUT2D eigenvalue weighted by Crippen LogP contribution is 2.42. The van der Waals surface area contributed by atoms with Crippen LogP contribution in [0.1, 0.15) is 32.6 Å². The summed E-state index contributed by atoms with van der Waals surface area (Å²) < 4.78 is 5.50. The van der Waals surface area contributed by atoms with E-state index in [1.54, 1.807) is 29.2 Å². The van der Waals surface area contributed by atoms with Crippen LogP contribution in [0.3, 0.4) is 0 Å². The van der Waals surface area contributed by atoms with E-state index in [4.69, 9.17) is 4.74 Å². The number of esters is 1. The lowest BCUT2D eigenvalue weighted by atomic mass is 9.76. The number of rotatable bonds is 4. The molecule has 1 aliphatic carbocycles. The van der Waals surface area contributed by atoms with Gasteiger partial charge >= 0.3 is 5.97 Å². The van der Waals surface area contributed by atoms with Crippen molar-refractivity contribution in [2.24, 2.45) is 23.7 Å². The van der Waals surface area contributed by atoms with Crippen LogP contribution < -0.4 is 14.5 Å². The van der Waals surface area contributed by atoms with Gasteiger partial charge in [-0.3, -0.25) is 24.1 Å². The number of anilines is 2. The fraction of sp³-hybridized carbons (Fsp3) is 0.385. The highest BCUT2D eigenvalue weighted by Gasteiger charge is 2.50. The number of carbonyl (C=O) groups excluding carboxylic acids is 4. The van der Waals surface area contributed by atoms with Gasteiger partial charge in [0.25, 0.3) is 0 Å². The fourth-order valence-corrected chi connectivity index (χ4v) is 5.23. The Morgan fingerprint density at radius 1 is 0.879 bits per heavy atom. The summed E-state index contributed by atoms with van der Waals surface area (Å²) in [5.74, 6) is -1.08. The molecule has 33 heavy (non-hydrogen) atoms. The Morgan fingerprint density at radius 3 is 2.30 bits per heavy atom. The van der Waals surface area contributed by atoms with Crippen molar-refractivity contribution in [3.63, 3.8) is 0 Å². The van der Waals surface area contributed by atoms with Gasteiger partial charge in [-0.1, -0.05) is 25.1 Å². The van der Waals surface area contributed by atoms with Gasteiger partial charge in [0.2, 0.25) is 17.7 Å². The van der Waals surface area contributed by atoms with E-state index in [1.165, 1.54) is 4.90 Å². The van der Waals surface area contributed by atoms with Crippen LogP contribution in [0.4, 0.5) is 11.4 Å². The zero-order valence-corrected chi connectivity index (χ0v) is 18.5. The molecule has 0 N–H and O–H groups in total. The molecule has 3 amide bonds. The number of para-hydroxylation sites is 1. The quantitative estimate of drug-likeness (QED) is 0.407. The lowest BCUT2D eigenvalue weighted by Gasteiger charge is -2.25. The first-order chi connectivity index (χ1) is 15.9. The Morgan fingerprint density at radius 2 is 1.58 bits per heavy atom. The summed E-state index contributed by atoms with van der Waals surface area (Å²) in [5.41, 5.74) is 1.26. The molecule has 2 aromatic carbocycles. The Hall–Kier alpha value is -3.48. The molecule has 0 unspecified atom stereocenters. The minimum absolute atomic E-state index is 0.101. The number of hydrogen-bond acceptors (Lipinski definition) is 5. The smallest absolute Gasteiger partial charge is 0.316 e. The van der Waals surface area contributed by atoms with E-state index in [0.717, 1.165) is 24.9 Å². The van der Waals surface area contributed by atoms with Gasteiger partial charge in [0.1, 0.15) is 5.75 Å². The molecule has 3 fully saturated rings. The number of fused-ring (bicyclic) bond motifs is 1. The molecule has 2 heterocycles. The van der Waals surface area contributed by atoms with Gasteiger partial charge in [0.05, 0.1) is 23.4 Å². The molecular weight excluding hydrogens is 420 g/mol. The zero-order chi connectivity index (χ0) is 23.1. The normalized spacial score (nSPS) is 27.1. The number of carbonyl (C=O) groups is 4. The van der Waals surface area contributed by atoms with Crippen molar-refractivity contribution in [3.05, 3.63) is 54.6 Å². The van der Waals surface area contributed by atoms with Gasteiger partial charge in [0, 0.05) is 18.7 Å². The molecular formula is C26H26N2O5. The third-order valence-electron chi connectivity index (χ3n) is 7.03. The maximum Gasteiger partial charge on any atom is 0.316 e. The van der Waals surface area contributed by atoms with Gasteiger partial charge in [-0.2, -0.15) is 0 Å². The van der Waals surface area contributed by atoms with Crippen molar-refractivity contribution in [2.45, 2.75) is 32.6 Å². The van der Waals surface area contributed by atoms with Crippen LogP contribution in [0, 0.1) is 23.7 Å².